The van der Waals surface area contributed by atoms with Crippen molar-refractivity contribution in [3.8, 4) is 6.07 Å². The average molecular weight is 391 g/mol. The predicted octanol–water partition coefficient (Wildman–Crippen LogP) is 3.87. The number of benzene rings is 1. The normalized spacial score (nSPS) is 11.6. The number of carbonyl (C=O) groups is 1. The Hall–Kier alpha value is -3.15. The van der Waals surface area contributed by atoms with Crippen LogP contribution in [0.15, 0.2) is 30.3 Å². The number of alkyl halides is 3. The summed E-state index contributed by atoms with van der Waals surface area (Å²) >= 11 is 0. The second-order valence-corrected chi connectivity index (χ2v) is 7.45. The Labute approximate surface area is 161 Å². The molecule has 1 aromatic carbocycles. The van der Waals surface area contributed by atoms with Crippen molar-refractivity contribution < 1.29 is 18.0 Å². The number of rotatable bonds is 4. The SMILES string of the molecule is Cc1ccccc1C(=O)NN(CC(C)(C)C)c1cc(C(F)(F)F)nc(C#N)n1. The summed E-state index contributed by atoms with van der Waals surface area (Å²) in [6.07, 6.45) is -4.75. The zero-order chi connectivity index (χ0) is 21.1. The Balaban J connectivity index is 2.48. The first-order valence-electron chi connectivity index (χ1n) is 8.41. The Morgan fingerprint density at radius 1 is 1.21 bits per heavy atom. The Kier molecular flexibility index (Phi) is 5.92. The third kappa shape index (κ3) is 5.42. The van der Waals surface area contributed by atoms with E-state index < -0.39 is 29.0 Å². The summed E-state index contributed by atoms with van der Waals surface area (Å²) in [7, 11) is 0. The van der Waals surface area contributed by atoms with Crippen molar-refractivity contribution in [2.24, 2.45) is 5.41 Å². The van der Waals surface area contributed by atoms with Crippen LogP contribution >= 0.6 is 0 Å². The molecule has 28 heavy (non-hydrogen) atoms. The van der Waals surface area contributed by atoms with Gasteiger partial charge in [-0.1, -0.05) is 39.0 Å². The number of hydrazine groups is 1. The molecule has 0 saturated heterocycles. The number of amides is 1. The van der Waals surface area contributed by atoms with Crippen LogP contribution in [-0.2, 0) is 6.18 Å². The molecule has 148 valence electrons. The minimum absolute atomic E-state index is 0.157. The van der Waals surface area contributed by atoms with Crippen LogP contribution in [-0.4, -0.2) is 22.4 Å². The molecule has 0 aliphatic carbocycles. The number of carbonyl (C=O) groups excluding carboxylic acids is 1. The highest BCUT2D eigenvalue weighted by Crippen LogP contribution is 2.30. The summed E-state index contributed by atoms with van der Waals surface area (Å²) in [4.78, 5) is 19.8. The van der Waals surface area contributed by atoms with E-state index in [4.69, 9.17) is 5.26 Å². The van der Waals surface area contributed by atoms with Crippen LogP contribution in [0.3, 0.4) is 0 Å². The van der Waals surface area contributed by atoms with Crippen LogP contribution in [0, 0.1) is 23.7 Å². The van der Waals surface area contributed by atoms with Gasteiger partial charge in [-0.2, -0.15) is 23.4 Å². The van der Waals surface area contributed by atoms with Gasteiger partial charge in [0.15, 0.2) is 11.5 Å². The lowest BCUT2D eigenvalue weighted by Crippen LogP contribution is -2.47. The molecule has 9 heteroatoms. The standard InChI is InChI=1S/C19H20F3N5O/c1-12-7-5-6-8-13(12)17(28)26-27(11-18(2,3)4)16-9-14(19(20,21)22)24-15(10-23)25-16/h5-9H,11H2,1-4H3,(H,26,28). The predicted molar refractivity (Wildman–Crippen MR) is 97.2 cm³/mol. The topological polar surface area (TPSA) is 81.9 Å². The maximum absolute atomic E-state index is 13.2. The number of nitrogens with one attached hydrogen (secondary N) is 1. The number of anilines is 1. The fourth-order valence-electron chi connectivity index (χ4n) is 2.43. The summed E-state index contributed by atoms with van der Waals surface area (Å²) in [5.41, 5.74) is 2.06. The maximum Gasteiger partial charge on any atom is 0.433 e. The number of nitriles is 1. The molecule has 0 spiro atoms. The van der Waals surface area contributed by atoms with Crippen LogP contribution in [0.25, 0.3) is 0 Å². The monoisotopic (exact) mass is 391 g/mol. The van der Waals surface area contributed by atoms with Gasteiger partial charge in [-0.15, -0.1) is 0 Å². The van der Waals surface area contributed by atoms with Crippen LogP contribution in [0.2, 0.25) is 0 Å². The molecule has 2 aromatic rings. The minimum atomic E-state index is -4.75. The Morgan fingerprint density at radius 3 is 2.39 bits per heavy atom. The maximum atomic E-state index is 13.2. The number of aryl methyl sites for hydroxylation is 1. The van der Waals surface area contributed by atoms with Gasteiger partial charge in [0.05, 0.1) is 0 Å². The quantitative estimate of drug-likeness (QED) is 0.800. The molecule has 0 atom stereocenters. The van der Waals surface area contributed by atoms with E-state index in [-0.39, 0.29) is 12.4 Å². The van der Waals surface area contributed by atoms with Crippen LogP contribution in [0.5, 0.6) is 0 Å². The van der Waals surface area contributed by atoms with Crippen molar-refractivity contribution >= 4 is 11.7 Å². The summed E-state index contributed by atoms with van der Waals surface area (Å²) in [5.74, 6) is -1.34. The fraction of sp³-hybridized carbons (Fsp3) is 0.368. The van der Waals surface area contributed by atoms with E-state index in [0.29, 0.717) is 17.2 Å². The van der Waals surface area contributed by atoms with E-state index >= 15 is 0 Å². The molecule has 0 fully saturated rings. The summed E-state index contributed by atoms with van der Waals surface area (Å²) in [5, 5.41) is 10.2. The van der Waals surface area contributed by atoms with Gasteiger partial charge in [0.2, 0.25) is 5.82 Å². The highest BCUT2D eigenvalue weighted by molar-refractivity contribution is 5.96. The third-order valence-corrected chi connectivity index (χ3v) is 3.64. The molecule has 0 aliphatic heterocycles. The molecule has 0 unspecified atom stereocenters. The molecule has 1 aromatic heterocycles. The molecule has 2 rings (SSSR count). The smallest absolute Gasteiger partial charge is 0.267 e. The highest BCUT2D eigenvalue weighted by atomic mass is 19.4. The molecule has 0 bridgehead atoms. The van der Waals surface area contributed by atoms with Gasteiger partial charge in [-0.25, -0.2) is 4.98 Å². The minimum Gasteiger partial charge on any atom is -0.267 e. The van der Waals surface area contributed by atoms with Crippen molar-refractivity contribution in [3.63, 3.8) is 0 Å². The van der Waals surface area contributed by atoms with E-state index in [1.165, 1.54) is 11.1 Å². The van der Waals surface area contributed by atoms with Gasteiger partial charge in [0, 0.05) is 18.2 Å². The second-order valence-electron chi connectivity index (χ2n) is 7.45. The van der Waals surface area contributed by atoms with E-state index in [1.54, 1.807) is 31.2 Å². The lowest BCUT2D eigenvalue weighted by Gasteiger charge is -2.31. The van der Waals surface area contributed by atoms with E-state index in [9.17, 15) is 18.0 Å². The molecular weight excluding hydrogens is 371 g/mol. The zero-order valence-corrected chi connectivity index (χ0v) is 15.9. The number of hydrogen-bond acceptors (Lipinski definition) is 5. The summed E-state index contributed by atoms with van der Waals surface area (Å²) < 4.78 is 39.5. The van der Waals surface area contributed by atoms with Gasteiger partial charge in [-0.3, -0.25) is 15.2 Å². The summed E-state index contributed by atoms with van der Waals surface area (Å²) in [6.45, 7) is 7.48. The van der Waals surface area contributed by atoms with Crippen molar-refractivity contribution in [2.75, 3.05) is 11.6 Å². The van der Waals surface area contributed by atoms with Crippen LogP contribution < -0.4 is 10.4 Å². The summed E-state index contributed by atoms with van der Waals surface area (Å²) in [6, 6.07) is 9.08. The van der Waals surface area contributed by atoms with Crippen LogP contribution in [0.1, 0.15) is 48.2 Å². The second kappa shape index (κ2) is 7.84. The molecule has 6 nitrogen and oxygen atoms in total. The first-order chi connectivity index (χ1) is 12.9. The Bertz CT molecular complexity index is 913. The van der Waals surface area contributed by atoms with Gasteiger partial charge >= 0.3 is 6.18 Å². The fourth-order valence-corrected chi connectivity index (χ4v) is 2.43. The van der Waals surface area contributed by atoms with Crippen molar-refractivity contribution in [1.82, 2.24) is 15.4 Å². The van der Waals surface area contributed by atoms with Gasteiger partial charge < -0.3 is 0 Å². The number of aromatic nitrogens is 2. The molecule has 0 aliphatic rings. The largest absolute Gasteiger partial charge is 0.433 e. The molecule has 1 N–H and O–H groups in total. The first kappa shape index (κ1) is 21.2. The molecule has 1 heterocycles. The highest BCUT2D eigenvalue weighted by Gasteiger charge is 2.35. The Morgan fingerprint density at radius 2 is 1.86 bits per heavy atom. The number of nitrogens with zero attached hydrogens (tertiary/aromatic N) is 4. The lowest BCUT2D eigenvalue weighted by molar-refractivity contribution is -0.141. The van der Waals surface area contributed by atoms with Crippen molar-refractivity contribution in [3.05, 3.63) is 53.0 Å². The molecular formula is C19H20F3N5O. The van der Waals surface area contributed by atoms with Gasteiger partial charge in [-0.05, 0) is 24.0 Å². The average Bonchev–Trinajstić information content (AvgIpc) is 2.59. The first-order valence-corrected chi connectivity index (χ1v) is 8.41. The van der Waals surface area contributed by atoms with Gasteiger partial charge in [0.1, 0.15) is 6.07 Å². The van der Waals surface area contributed by atoms with Crippen LogP contribution in [0.4, 0.5) is 19.0 Å². The molecule has 0 radical (unpaired) electrons. The van der Waals surface area contributed by atoms with Gasteiger partial charge in [0.25, 0.3) is 5.91 Å². The third-order valence-electron chi connectivity index (χ3n) is 3.64. The zero-order valence-electron chi connectivity index (χ0n) is 15.9. The number of halogens is 3. The van der Waals surface area contributed by atoms with E-state index in [1.807, 2.05) is 20.8 Å². The van der Waals surface area contributed by atoms with Crippen molar-refractivity contribution in [2.45, 2.75) is 33.9 Å². The van der Waals surface area contributed by atoms with E-state index in [2.05, 4.69) is 15.4 Å². The lowest BCUT2D eigenvalue weighted by atomic mass is 9.96. The van der Waals surface area contributed by atoms with E-state index in [0.717, 1.165) is 0 Å². The molecule has 1 amide bonds. The molecule has 0 saturated carbocycles. The number of hydrogen-bond donors (Lipinski definition) is 1. The van der Waals surface area contributed by atoms with Crippen molar-refractivity contribution in [1.29, 1.82) is 5.26 Å².